The monoisotopic (exact) mass is 346 g/mol. The van der Waals surface area contributed by atoms with Crippen LogP contribution in [0.25, 0.3) is 5.76 Å². The molecule has 0 aliphatic carbocycles. The van der Waals surface area contributed by atoms with E-state index < -0.39 is 8.32 Å². The number of allylic oxidation sites excluding steroid dienone is 1. The van der Waals surface area contributed by atoms with E-state index in [1.807, 2.05) is 6.07 Å². The van der Waals surface area contributed by atoms with Crippen LogP contribution < -0.4 is 0 Å². The van der Waals surface area contributed by atoms with Crippen molar-refractivity contribution in [2.45, 2.75) is 26.1 Å². The topological polar surface area (TPSA) is 9.23 Å². The van der Waals surface area contributed by atoms with Crippen LogP contribution in [-0.2, 0) is 4.43 Å². The summed E-state index contributed by atoms with van der Waals surface area (Å²) in [7, 11) is -1.52. The third-order valence-corrected chi connectivity index (χ3v) is 3.37. The van der Waals surface area contributed by atoms with Gasteiger partial charge in [-0.2, -0.15) is 0 Å². The highest BCUT2D eigenvalue weighted by Crippen LogP contribution is 2.21. The van der Waals surface area contributed by atoms with Crippen molar-refractivity contribution in [3.05, 3.63) is 42.0 Å². The van der Waals surface area contributed by atoms with E-state index in [2.05, 4.69) is 72.6 Å². The molecule has 0 saturated carbocycles. The Bertz CT molecular complexity index is 341. The van der Waals surface area contributed by atoms with Crippen LogP contribution in [0.2, 0.25) is 19.6 Å². The lowest BCUT2D eigenvalue weighted by molar-refractivity contribution is 0.512. The summed E-state index contributed by atoms with van der Waals surface area (Å²) < 4.78 is 7.25. The van der Waals surface area contributed by atoms with Crippen LogP contribution in [-0.4, -0.2) is 12.7 Å². The highest BCUT2D eigenvalue weighted by atomic mass is 127. The fourth-order valence-electron chi connectivity index (χ4n) is 1.34. The second-order valence-corrected chi connectivity index (χ2v) is 10.1. The zero-order chi connectivity index (χ0) is 12.0. The van der Waals surface area contributed by atoms with Gasteiger partial charge in [0, 0.05) is 9.99 Å². The van der Waals surface area contributed by atoms with Crippen molar-refractivity contribution < 1.29 is 4.43 Å². The van der Waals surface area contributed by atoms with Gasteiger partial charge >= 0.3 is 0 Å². The van der Waals surface area contributed by atoms with Gasteiger partial charge in [-0.15, -0.1) is 0 Å². The summed E-state index contributed by atoms with van der Waals surface area (Å²) in [4.78, 5) is 0. The van der Waals surface area contributed by atoms with E-state index in [1.54, 1.807) is 0 Å². The number of benzene rings is 1. The molecule has 16 heavy (non-hydrogen) atoms. The zero-order valence-electron chi connectivity index (χ0n) is 10.2. The molecule has 88 valence electrons. The van der Waals surface area contributed by atoms with Gasteiger partial charge in [-0.3, -0.25) is 0 Å². The molecule has 1 rings (SSSR count). The largest absolute Gasteiger partial charge is 0.544 e. The lowest BCUT2D eigenvalue weighted by Gasteiger charge is -2.22. The van der Waals surface area contributed by atoms with E-state index in [0.29, 0.717) is 0 Å². The van der Waals surface area contributed by atoms with Gasteiger partial charge in [0.15, 0.2) is 0 Å². The Labute approximate surface area is 113 Å². The van der Waals surface area contributed by atoms with E-state index in [0.717, 1.165) is 16.6 Å². The summed E-state index contributed by atoms with van der Waals surface area (Å²) in [5, 5.41) is 0. The first kappa shape index (κ1) is 13.8. The minimum Gasteiger partial charge on any atom is -0.544 e. The summed E-state index contributed by atoms with van der Waals surface area (Å²) in [6, 6.07) is 10.4. The van der Waals surface area contributed by atoms with Crippen LogP contribution in [0, 0.1) is 0 Å². The zero-order valence-corrected chi connectivity index (χ0v) is 13.3. The van der Waals surface area contributed by atoms with Crippen molar-refractivity contribution in [2.75, 3.05) is 4.43 Å². The van der Waals surface area contributed by atoms with Gasteiger partial charge in [-0.1, -0.05) is 52.9 Å². The van der Waals surface area contributed by atoms with Crippen LogP contribution in [0.4, 0.5) is 0 Å². The van der Waals surface area contributed by atoms with Crippen molar-refractivity contribution >= 4 is 36.7 Å². The Balaban J connectivity index is 2.89. The molecule has 1 nitrogen and oxygen atoms in total. The second-order valence-electron chi connectivity index (χ2n) is 4.63. The average molecular weight is 346 g/mol. The summed E-state index contributed by atoms with van der Waals surface area (Å²) in [5.74, 6) is 1.05. The maximum Gasteiger partial charge on any atom is 0.242 e. The molecule has 0 atom stereocenters. The number of hydrogen-bond donors (Lipinski definition) is 0. The maximum atomic E-state index is 6.12. The van der Waals surface area contributed by atoms with Gasteiger partial charge in [0.2, 0.25) is 8.32 Å². The number of rotatable bonds is 5. The van der Waals surface area contributed by atoms with Gasteiger partial charge in [0.05, 0.1) is 0 Å². The van der Waals surface area contributed by atoms with E-state index in [9.17, 15) is 0 Å². The maximum absolute atomic E-state index is 6.12. The van der Waals surface area contributed by atoms with Gasteiger partial charge in [0.1, 0.15) is 5.76 Å². The van der Waals surface area contributed by atoms with Gasteiger partial charge in [0.25, 0.3) is 0 Å². The highest BCUT2D eigenvalue weighted by Gasteiger charge is 2.18. The molecule has 3 heteroatoms. The number of hydrogen-bond acceptors (Lipinski definition) is 1. The smallest absolute Gasteiger partial charge is 0.242 e. The van der Waals surface area contributed by atoms with Crippen molar-refractivity contribution in [2.24, 2.45) is 0 Å². The number of alkyl halides is 1. The third kappa shape index (κ3) is 5.16. The molecule has 0 saturated heterocycles. The first-order valence-corrected chi connectivity index (χ1v) is 10.5. The molecule has 0 aromatic heterocycles. The van der Waals surface area contributed by atoms with E-state index in [1.165, 1.54) is 5.56 Å². The van der Waals surface area contributed by atoms with E-state index in [-0.39, 0.29) is 0 Å². The summed E-state index contributed by atoms with van der Waals surface area (Å²) in [5.41, 5.74) is 1.19. The quantitative estimate of drug-likeness (QED) is 0.325. The van der Waals surface area contributed by atoms with Crippen molar-refractivity contribution in [1.82, 2.24) is 0 Å². The molecular formula is C13H19IOSi. The first-order valence-electron chi connectivity index (χ1n) is 5.53. The van der Waals surface area contributed by atoms with Crippen molar-refractivity contribution in [1.29, 1.82) is 0 Å². The molecule has 1 aromatic rings. The highest BCUT2D eigenvalue weighted by molar-refractivity contribution is 14.1. The van der Waals surface area contributed by atoms with Crippen LogP contribution in [0.15, 0.2) is 36.4 Å². The van der Waals surface area contributed by atoms with Crippen LogP contribution >= 0.6 is 22.6 Å². The SMILES string of the molecule is C[Si](C)(C)O/C(=C\CCI)c1ccccc1. The molecular weight excluding hydrogens is 327 g/mol. The Hall–Kier alpha value is -0.293. The lowest BCUT2D eigenvalue weighted by Crippen LogP contribution is -2.24. The van der Waals surface area contributed by atoms with Crippen LogP contribution in [0.3, 0.4) is 0 Å². The molecule has 1 aromatic carbocycles. The molecule has 0 aliphatic rings. The minimum absolute atomic E-state index is 1.05. The van der Waals surface area contributed by atoms with Gasteiger partial charge < -0.3 is 4.43 Å². The normalized spacial score (nSPS) is 12.6. The predicted octanol–water partition coefficient (Wildman–Crippen LogP) is 4.70. The average Bonchev–Trinajstić information content (AvgIpc) is 2.24. The van der Waals surface area contributed by atoms with E-state index >= 15 is 0 Å². The number of halogens is 1. The first-order chi connectivity index (χ1) is 7.53. The summed E-state index contributed by atoms with van der Waals surface area (Å²) >= 11 is 2.39. The lowest BCUT2D eigenvalue weighted by atomic mass is 10.2. The van der Waals surface area contributed by atoms with Crippen molar-refractivity contribution in [3.8, 4) is 0 Å². The van der Waals surface area contributed by atoms with Gasteiger partial charge in [-0.05, 0) is 32.1 Å². The predicted molar refractivity (Wildman–Crippen MR) is 82.4 cm³/mol. The fraction of sp³-hybridized carbons (Fsp3) is 0.385. The molecule has 0 fully saturated rings. The van der Waals surface area contributed by atoms with E-state index in [4.69, 9.17) is 4.43 Å². The summed E-state index contributed by atoms with van der Waals surface area (Å²) in [6.45, 7) is 6.65. The molecule has 0 bridgehead atoms. The molecule has 0 heterocycles. The molecule has 0 spiro atoms. The summed E-state index contributed by atoms with van der Waals surface area (Å²) in [6.07, 6.45) is 3.27. The van der Waals surface area contributed by atoms with Crippen LogP contribution in [0.1, 0.15) is 12.0 Å². The molecule has 0 N–H and O–H groups in total. The third-order valence-electron chi connectivity index (χ3n) is 1.91. The Morgan fingerprint density at radius 1 is 1.25 bits per heavy atom. The molecule has 0 amide bonds. The second kappa shape index (κ2) is 6.44. The standard InChI is InChI=1S/C13H19IOSi/c1-16(2,3)15-13(10-7-11-14)12-8-5-4-6-9-12/h4-6,8-10H,7,11H2,1-3H3/b13-10-. The van der Waals surface area contributed by atoms with Gasteiger partial charge in [-0.25, -0.2) is 0 Å². The molecule has 0 aliphatic heterocycles. The van der Waals surface area contributed by atoms with Crippen molar-refractivity contribution in [3.63, 3.8) is 0 Å². The minimum atomic E-state index is -1.52. The Morgan fingerprint density at radius 3 is 2.38 bits per heavy atom. The molecule has 0 unspecified atom stereocenters. The Morgan fingerprint density at radius 2 is 1.88 bits per heavy atom. The fourth-order valence-corrected chi connectivity index (χ4v) is 2.51. The molecule has 0 radical (unpaired) electrons. The Kier molecular flexibility index (Phi) is 5.55. The van der Waals surface area contributed by atoms with Crippen LogP contribution in [0.5, 0.6) is 0 Å².